The van der Waals surface area contributed by atoms with Crippen molar-refractivity contribution in [3.8, 4) is 35.1 Å². The largest absolute Gasteiger partial charge is 2.00 e. The van der Waals surface area contributed by atoms with Crippen LogP contribution >= 0.6 is 34.3 Å². The number of rotatable bonds is 14. The Labute approximate surface area is 369 Å². The second kappa shape index (κ2) is 30.9. The number of nitriles is 2. The summed E-state index contributed by atoms with van der Waals surface area (Å²) in [7, 11) is -2.99. The van der Waals surface area contributed by atoms with Crippen LogP contribution in [0.25, 0.3) is 0 Å². The van der Waals surface area contributed by atoms with Crippen LogP contribution in [0.3, 0.4) is 0 Å². The fourth-order valence-corrected chi connectivity index (χ4v) is 13.9. The van der Waals surface area contributed by atoms with Gasteiger partial charge in [-0.3, -0.25) is 4.90 Å². The van der Waals surface area contributed by atoms with E-state index in [1.54, 1.807) is 40.6 Å². The predicted octanol–water partition coefficient (Wildman–Crippen LogP) is 10.4. The molecule has 0 fully saturated rings. The summed E-state index contributed by atoms with van der Waals surface area (Å²) in [5, 5.41) is 19.6. The summed E-state index contributed by atoms with van der Waals surface area (Å²) in [4.78, 5) is 2.76. The molecule has 7 nitrogen and oxygen atoms in total. The van der Waals surface area contributed by atoms with E-state index in [4.69, 9.17) is 29.5 Å². The Balaban J connectivity index is 0. The number of hydrogen-bond acceptors (Lipinski definition) is 7. The van der Waals surface area contributed by atoms with Crippen molar-refractivity contribution in [2.24, 2.45) is 0 Å². The van der Waals surface area contributed by atoms with E-state index < -0.39 is 14.5 Å². The van der Waals surface area contributed by atoms with Gasteiger partial charge in [0.2, 0.25) is 0 Å². The van der Waals surface area contributed by atoms with E-state index in [0.717, 1.165) is 23.0 Å². The van der Waals surface area contributed by atoms with Gasteiger partial charge >= 0.3 is 34.9 Å². The molecule has 4 unspecified atom stereocenters. The van der Waals surface area contributed by atoms with Crippen LogP contribution in [0, 0.1) is 22.7 Å². The van der Waals surface area contributed by atoms with E-state index in [2.05, 4.69) is 98.5 Å². The van der Waals surface area contributed by atoms with Gasteiger partial charge in [0, 0.05) is 40.6 Å². The first-order valence-electron chi connectivity index (χ1n) is 17.3. The van der Waals surface area contributed by atoms with Gasteiger partial charge in [-0.2, -0.15) is 10.5 Å². The maximum Gasteiger partial charge on any atom is 2.00 e. The Morgan fingerprint density at radius 3 is 0.800 bits per heavy atom. The van der Waals surface area contributed by atoms with Crippen LogP contribution in [0.1, 0.15) is 34.6 Å². The first-order valence-corrected chi connectivity index (χ1v) is 21.7. The number of halogens is 8. The molecular formula is C38H49B2F8N3O4P4Pd. The third kappa shape index (κ3) is 25.7. The molecule has 4 aromatic carbocycles. The van der Waals surface area contributed by atoms with E-state index in [1.807, 2.05) is 24.3 Å². The van der Waals surface area contributed by atoms with E-state index >= 15 is 0 Å². The monoisotopic (exact) mass is 1020 g/mol. The van der Waals surface area contributed by atoms with Gasteiger partial charge in [-0.05, 0) is 45.0 Å². The van der Waals surface area contributed by atoms with Gasteiger partial charge in [0.1, 0.15) is 23.0 Å². The Kier molecular flexibility index (Phi) is 30.4. The topological polar surface area (TPSA) is 87.7 Å². The van der Waals surface area contributed by atoms with Crippen molar-refractivity contribution in [3.63, 3.8) is 0 Å². The molecule has 332 valence electrons. The summed E-state index contributed by atoms with van der Waals surface area (Å²) >= 11 is 0. The maximum absolute atomic E-state index is 9.75. The molecule has 0 saturated heterocycles. The predicted molar refractivity (Wildman–Crippen MR) is 236 cm³/mol. The summed E-state index contributed by atoms with van der Waals surface area (Å²) in [6.45, 7) is 9.88. The average molecular weight is 1020 g/mol. The molecule has 0 aromatic heterocycles. The molecule has 0 saturated carbocycles. The molecule has 22 heteroatoms. The fraction of sp³-hybridized carbons (Fsp3) is 0.316. The Bertz CT molecular complexity index is 1650. The van der Waals surface area contributed by atoms with Crippen LogP contribution in [0.2, 0.25) is 0 Å². The molecule has 0 radical (unpaired) electrons. The van der Waals surface area contributed by atoms with Crippen molar-refractivity contribution < 1.29 is 73.9 Å². The van der Waals surface area contributed by atoms with Crippen LogP contribution in [0.15, 0.2) is 97.1 Å². The molecule has 4 atom stereocenters. The molecule has 0 aliphatic rings. The summed E-state index contributed by atoms with van der Waals surface area (Å²) in [5.41, 5.74) is 0.243. The number of hydrogen-bond donors (Lipinski definition) is 0. The van der Waals surface area contributed by atoms with Gasteiger partial charge in [0.25, 0.3) is 0 Å². The van der Waals surface area contributed by atoms with Gasteiger partial charge in [-0.1, -0.05) is 107 Å². The Morgan fingerprint density at radius 1 is 0.483 bits per heavy atom. The van der Waals surface area contributed by atoms with Crippen molar-refractivity contribution >= 4 is 70.0 Å². The summed E-state index contributed by atoms with van der Waals surface area (Å²) in [6.07, 6.45) is 0. The molecule has 0 aliphatic carbocycles. The normalized spacial score (nSPS) is 12.3. The van der Waals surface area contributed by atoms with Crippen LogP contribution in [-0.2, 0) is 20.4 Å². The molecule has 0 bridgehead atoms. The molecule has 60 heavy (non-hydrogen) atoms. The third-order valence-corrected chi connectivity index (χ3v) is 13.8. The molecule has 0 heterocycles. The number of benzene rings is 4. The van der Waals surface area contributed by atoms with Gasteiger partial charge in [-0.25, -0.2) is 0 Å². The van der Waals surface area contributed by atoms with Crippen molar-refractivity contribution in [1.82, 2.24) is 4.90 Å². The van der Waals surface area contributed by atoms with Crippen molar-refractivity contribution in [2.75, 3.05) is 28.4 Å². The van der Waals surface area contributed by atoms with E-state index in [0.29, 0.717) is 34.3 Å². The smallest absolute Gasteiger partial charge is 0.496 e. The Morgan fingerprint density at radius 2 is 0.650 bits per heavy atom. The zero-order valence-corrected chi connectivity index (χ0v) is 39.9. The molecule has 4 rings (SSSR count). The molecule has 0 aliphatic heterocycles. The number of ether oxygens (including phenoxy) is 4. The summed E-state index contributed by atoms with van der Waals surface area (Å²) in [5.74, 6) is 3.72. The zero-order chi connectivity index (χ0) is 45.2. The van der Waals surface area contributed by atoms with Crippen molar-refractivity contribution in [1.29, 1.82) is 10.5 Å². The van der Waals surface area contributed by atoms with Crippen LogP contribution in [-0.4, -0.2) is 64.4 Å². The molecule has 0 spiro atoms. The van der Waals surface area contributed by atoms with Crippen LogP contribution < -0.4 is 40.2 Å². The number of para-hydroxylation sites is 4. The zero-order valence-electron chi connectivity index (χ0n) is 34.4. The fourth-order valence-electron chi connectivity index (χ4n) is 4.92. The molecule has 0 N–H and O–H groups in total. The second-order valence-electron chi connectivity index (χ2n) is 12.2. The standard InChI is InChI=1S/C34H43NO4P4.2C2H3N.2BF4.Pd/c1-34(2,3)35(32(40-28-20-12-8-16-24(28)36-4)41-29-21-13-9-17-25(29)37-5)33(42-30-22-14-10-18-26(30)38-6)43-31-23-15-11-19-27(31)39-7;2*1-2-3;2*2-1(3,4)5;/h8-23,32-33,40-43H,1-7H3;2*1H3;;;/q;;;2*-1;+2. The minimum atomic E-state index is -6.00. The van der Waals surface area contributed by atoms with E-state index in [-0.39, 0.29) is 37.0 Å². The SMILES string of the molecule is CC#N.CC#N.COc1ccccc1PC(Pc1ccccc1OC)N(C(Pc1ccccc1OC)Pc1ccccc1OC)C(C)(C)C.F[B-](F)(F)F.F[B-](F)(F)F.[Pd+2]. The van der Waals surface area contributed by atoms with Crippen LogP contribution in [0.5, 0.6) is 23.0 Å². The summed E-state index contributed by atoms with van der Waals surface area (Å²) < 4.78 is 101. The molecule has 4 aromatic rings. The van der Waals surface area contributed by atoms with Gasteiger partial charge in [-0.15, -0.1) is 0 Å². The molecule has 0 amide bonds. The first-order chi connectivity index (χ1) is 27.6. The minimum absolute atomic E-state index is 0. The average Bonchev–Trinajstić information content (AvgIpc) is 3.14. The van der Waals surface area contributed by atoms with Crippen molar-refractivity contribution in [2.45, 2.75) is 51.2 Å². The Hall–Kier alpha value is -3.03. The summed E-state index contributed by atoms with van der Waals surface area (Å²) in [6, 6.07) is 37.2. The number of nitrogens with zero attached hydrogens (tertiary/aromatic N) is 3. The number of methoxy groups -OCH3 is 4. The quantitative estimate of drug-likeness (QED) is 0.0706. The van der Waals surface area contributed by atoms with Gasteiger partial charge < -0.3 is 53.5 Å². The first kappa shape index (κ1) is 59.1. The van der Waals surface area contributed by atoms with E-state index in [1.165, 1.54) is 35.1 Å². The van der Waals surface area contributed by atoms with Crippen molar-refractivity contribution in [3.05, 3.63) is 97.1 Å². The maximum atomic E-state index is 9.75. The van der Waals surface area contributed by atoms with E-state index in [9.17, 15) is 34.5 Å². The minimum Gasteiger partial charge on any atom is -0.496 e. The molecular weight excluding hydrogens is 966 g/mol. The third-order valence-electron chi connectivity index (χ3n) is 6.93. The van der Waals surface area contributed by atoms with Gasteiger partial charge in [0.15, 0.2) is 0 Å². The second-order valence-corrected chi connectivity index (χ2v) is 18.9. The van der Waals surface area contributed by atoms with Gasteiger partial charge in [0.05, 0.1) is 51.6 Å². The van der Waals surface area contributed by atoms with Crippen LogP contribution in [0.4, 0.5) is 34.5 Å².